The fourth-order valence-corrected chi connectivity index (χ4v) is 5.34. The Morgan fingerprint density at radius 3 is 2.14 bits per heavy atom. The van der Waals surface area contributed by atoms with Crippen molar-refractivity contribution in [3.05, 3.63) is 23.8 Å². The van der Waals surface area contributed by atoms with Crippen molar-refractivity contribution in [3.8, 4) is 11.5 Å². The van der Waals surface area contributed by atoms with Crippen LogP contribution in [0.4, 0.5) is 0 Å². The summed E-state index contributed by atoms with van der Waals surface area (Å²) in [4.78, 5) is 11.8. The first kappa shape index (κ1) is 26.0. The van der Waals surface area contributed by atoms with E-state index in [1.165, 1.54) is 63.6 Å². The van der Waals surface area contributed by atoms with Crippen molar-refractivity contribution in [2.75, 3.05) is 6.61 Å². The molecule has 5 nitrogen and oxygen atoms in total. The molecular formula is C23H38INO4. The molecule has 0 heterocycles. The van der Waals surface area contributed by atoms with Crippen LogP contribution in [0, 0.1) is 5.92 Å². The maximum Gasteiger partial charge on any atom is 0.218 e. The molecule has 0 aliphatic rings. The van der Waals surface area contributed by atoms with Crippen molar-refractivity contribution in [2.24, 2.45) is 5.92 Å². The third-order valence-corrected chi connectivity index (χ3v) is 6.56. The Kier molecular flexibility index (Phi) is 12.6. The number of hydrogen-bond acceptors (Lipinski definition) is 4. The van der Waals surface area contributed by atoms with Gasteiger partial charge in [-0.1, -0.05) is 64.7 Å². The standard InChI is InChI=1S/C23H38INO4/c1-18(12-10-8-6-4-3-5-7-9-11-15-26)17-23(24,25-19(2)27)21-16-20(28)13-14-22(21)29/h13-14,16,18,26,28-29H,3-12,15,17H2,1-2H3,(H,25,27). The van der Waals surface area contributed by atoms with E-state index in [9.17, 15) is 15.0 Å². The highest BCUT2D eigenvalue weighted by molar-refractivity contribution is 14.1. The average Bonchev–Trinajstić information content (AvgIpc) is 2.64. The number of aliphatic hydroxyl groups is 1. The Labute approximate surface area is 189 Å². The van der Waals surface area contributed by atoms with Gasteiger partial charge in [-0.2, -0.15) is 0 Å². The number of rotatable bonds is 15. The Hall–Kier alpha value is -1.02. The first-order chi connectivity index (χ1) is 13.8. The molecule has 2 atom stereocenters. The second-order valence-corrected chi connectivity index (χ2v) is 10.0. The van der Waals surface area contributed by atoms with Crippen LogP contribution in [-0.4, -0.2) is 27.8 Å². The van der Waals surface area contributed by atoms with Crippen molar-refractivity contribution >= 4 is 28.5 Å². The molecule has 166 valence electrons. The number of halogens is 1. The molecule has 0 saturated carbocycles. The van der Waals surface area contributed by atoms with Crippen molar-refractivity contribution in [1.29, 1.82) is 0 Å². The lowest BCUT2D eigenvalue weighted by molar-refractivity contribution is -0.120. The minimum Gasteiger partial charge on any atom is -0.508 e. The van der Waals surface area contributed by atoms with Crippen LogP contribution in [0.1, 0.15) is 90.0 Å². The van der Waals surface area contributed by atoms with Crippen LogP contribution >= 0.6 is 22.6 Å². The van der Waals surface area contributed by atoms with Gasteiger partial charge in [0.25, 0.3) is 0 Å². The SMILES string of the molecule is CC(=O)NC(I)(CC(C)CCCCCCCCCCCO)c1cc(O)ccc1O. The molecule has 6 heteroatoms. The molecular weight excluding hydrogens is 481 g/mol. The lowest BCUT2D eigenvalue weighted by atomic mass is 9.91. The first-order valence-electron chi connectivity index (χ1n) is 10.9. The number of alkyl halides is 1. The minimum atomic E-state index is -0.750. The van der Waals surface area contributed by atoms with Crippen molar-refractivity contribution < 1.29 is 20.1 Å². The van der Waals surface area contributed by atoms with Crippen LogP contribution in [0.25, 0.3) is 0 Å². The largest absolute Gasteiger partial charge is 0.508 e. The van der Waals surface area contributed by atoms with E-state index in [4.69, 9.17) is 5.11 Å². The van der Waals surface area contributed by atoms with E-state index in [-0.39, 0.29) is 17.4 Å². The predicted molar refractivity (Wildman–Crippen MR) is 126 cm³/mol. The molecule has 0 aliphatic heterocycles. The molecule has 1 aromatic carbocycles. The number of aromatic hydroxyl groups is 2. The fourth-order valence-electron chi connectivity index (χ4n) is 3.77. The van der Waals surface area contributed by atoms with Gasteiger partial charge in [-0.05, 0) is 59.5 Å². The van der Waals surface area contributed by atoms with E-state index < -0.39 is 3.55 Å². The third-order valence-electron chi connectivity index (χ3n) is 5.27. The van der Waals surface area contributed by atoms with Crippen LogP contribution in [0.3, 0.4) is 0 Å². The molecule has 4 N–H and O–H groups in total. The second-order valence-electron chi connectivity index (χ2n) is 8.19. The van der Waals surface area contributed by atoms with Gasteiger partial charge in [-0.15, -0.1) is 0 Å². The van der Waals surface area contributed by atoms with E-state index in [0.29, 0.717) is 24.5 Å². The zero-order chi connectivity index (χ0) is 21.7. The lowest BCUT2D eigenvalue weighted by Gasteiger charge is -2.32. The Balaban J connectivity index is 2.43. The molecule has 0 radical (unpaired) electrons. The summed E-state index contributed by atoms with van der Waals surface area (Å²) in [6.45, 7) is 3.96. The monoisotopic (exact) mass is 519 g/mol. The number of carbonyl (C=O) groups excluding carboxylic acids is 1. The van der Waals surface area contributed by atoms with Crippen molar-refractivity contribution in [1.82, 2.24) is 5.32 Å². The summed E-state index contributed by atoms with van der Waals surface area (Å²) < 4.78 is -0.750. The minimum absolute atomic E-state index is 0.0770. The normalized spacial score (nSPS) is 14.3. The van der Waals surface area contributed by atoms with Gasteiger partial charge in [0.05, 0.1) is 0 Å². The number of amides is 1. The van der Waals surface area contributed by atoms with Gasteiger partial charge >= 0.3 is 0 Å². The second kappa shape index (κ2) is 14.1. The van der Waals surface area contributed by atoms with Crippen LogP contribution < -0.4 is 5.32 Å². The highest BCUT2D eigenvalue weighted by atomic mass is 127. The van der Waals surface area contributed by atoms with Gasteiger partial charge in [0.1, 0.15) is 15.0 Å². The van der Waals surface area contributed by atoms with Crippen LogP contribution in [-0.2, 0) is 8.34 Å². The van der Waals surface area contributed by atoms with Gasteiger partial charge in [-0.25, -0.2) is 0 Å². The smallest absolute Gasteiger partial charge is 0.218 e. The Bertz CT molecular complexity index is 611. The number of aliphatic hydroxyl groups excluding tert-OH is 1. The van der Waals surface area contributed by atoms with Gasteiger partial charge in [0.15, 0.2) is 0 Å². The Morgan fingerprint density at radius 2 is 1.59 bits per heavy atom. The number of hydrogen-bond donors (Lipinski definition) is 4. The van der Waals surface area contributed by atoms with Gasteiger partial charge in [0, 0.05) is 19.1 Å². The lowest BCUT2D eigenvalue weighted by Crippen LogP contribution is -2.41. The first-order valence-corrected chi connectivity index (χ1v) is 12.0. The predicted octanol–water partition coefficient (Wildman–Crippen LogP) is 5.74. The number of benzene rings is 1. The van der Waals surface area contributed by atoms with Crippen molar-refractivity contribution in [2.45, 2.75) is 88.0 Å². The van der Waals surface area contributed by atoms with E-state index in [0.717, 1.165) is 25.7 Å². The van der Waals surface area contributed by atoms with Gasteiger partial charge in [0.2, 0.25) is 5.91 Å². The van der Waals surface area contributed by atoms with Crippen LogP contribution in [0.5, 0.6) is 11.5 Å². The summed E-state index contributed by atoms with van der Waals surface area (Å²) in [5.74, 6) is 0.373. The summed E-state index contributed by atoms with van der Waals surface area (Å²) in [5, 5.41) is 31.9. The molecule has 29 heavy (non-hydrogen) atoms. The van der Waals surface area contributed by atoms with Crippen LogP contribution in [0.2, 0.25) is 0 Å². The number of carbonyl (C=O) groups is 1. The van der Waals surface area contributed by atoms with Gasteiger partial charge in [-0.3, -0.25) is 4.79 Å². The molecule has 1 aromatic rings. The molecule has 1 amide bonds. The molecule has 0 fully saturated rings. The summed E-state index contributed by atoms with van der Waals surface area (Å²) in [5.41, 5.74) is 0.543. The summed E-state index contributed by atoms with van der Waals surface area (Å²) >= 11 is 2.19. The summed E-state index contributed by atoms with van der Waals surface area (Å²) in [6.07, 6.45) is 12.5. The maximum absolute atomic E-state index is 11.8. The highest BCUT2D eigenvalue weighted by Gasteiger charge is 2.34. The van der Waals surface area contributed by atoms with E-state index in [1.54, 1.807) is 0 Å². The van der Waals surface area contributed by atoms with Gasteiger partial charge < -0.3 is 20.6 Å². The number of phenols is 2. The molecule has 0 aromatic heterocycles. The molecule has 2 unspecified atom stereocenters. The molecule has 0 saturated heterocycles. The molecule has 1 rings (SSSR count). The topological polar surface area (TPSA) is 89.8 Å². The van der Waals surface area contributed by atoms with Crippen LogP contribution in [0.15, 0.2) is 18.2 Å². The fraction of sp³-hybridized carbons (Fsp3) is 0.696. The summed E-state index contributed by atoms with van der Waals surface area (Å²) in [6, 6.07) is 4.44. The van der Waals surface area contributed by atoms with E-state index in [2.05, 4.69) is 34.8 Å². The molecule has 0 bridgehead atoms. The van der Waals surface area contributed by atoms with E-state index in [1.807, 2.05) is 0 Å². The highest BCUT2D eigenvalue weighted by Crippen LogP contribution is 2.42. The quantitative estimate of drug-likeness (QED) is 0.0782. The number of nitrogens with one attached hydrogen (secondary N) is 1. The molecule has 0 aliphatic carbocycles. The van der Waals surface area contributed by atoms with E-state index >= 15 is 0 Å². The third kappa shape index (κ3) is 10.5. The molecule has 0 spiro atoms. The summed E-state index contributed by atoms with van der Waals surface area (Å²) in [7, 11) is 0. The average molecular weight is 519 g/mol. The number of unbranched alkanes of at least 4 members (excludes halogenated alkanes) is 8. The zero-order valence-electron chi connectivity index (χ0n) is 17.9. The number of phenolic OH excluding ortho intramolecular Hbond substituents is 2. The van der Waals surface area contributed by atoms with Crippen molar-refractivity contribution in [3.63, 3.8) is 0 Å². The Morgan fingerprint density at radius 1 is 1.03 bits per heavy atom. The zero-order valence-corrected chi connectivity index (χ0v) is 20.1. The maximum atomic E-state index is 11.8.